The zero-order valence-corrected chi connectivity index (χ0v) is 20.6. The molecule has 1 fully saturated rings. The van der Waals surface area contributed by atoms with E-state index in [2.05, 4.69) is 16.4 Å². The molecule has 2 rings (SSSR count). The predicted octanol–water partition coefficient (Wildman–Crippen LogP) is 3.52. The average molecular weight is 513 g/mol. The predicted molar refractivity (Wildman–Crippen MR) is 131 cm³/mol. The number of anilines is 1. The maximum atomic E-state index is 13.1. The van der Waals surface area contributed by atoms with Gasteiger partial charge in [0, 0.05) is 25.4 Å². The summed E-state index contributed by atoms with van der Waals surface area (Å²) in [5.41, 5.74) is 11.2. The van der Waals surface area contributed by atoms with Crippen LogP contribution >= 0.6 is 11.8 Å². The topological polar surface area (TPSA) is 130 Å². The number of nitrogens with one attached hydrogen (secondary N) is 1. The second-order valence-corrected chi connectivity index (χ2v) is 8.99. The molecule has 1 amide bonds. The largest absolute Gasteiger partial charge is 0.416 e. The fraction of sp³-hybridized carbons (Fsp3) is 0.522. The molecule has 0 aliphatic carbocycles. The summed E-state index contributed by atoms with van der Waals surface area (Å²) in [6.07, 6.45) is -1.05. The Morgan fingerprint density at radius 1 is 1.40 bits per heavy atom. The minimum atomic E-state index is -4.53. The van der Waals surface area contributed by atoms with Gasteiger partial charge in [-0.1, -0.05) is 6.07 Å². The maximum Gasteiger partial charge on any atom is 0.416 e. The molecule has 1 saturated heterocycles. The number of nitrogens with zero attached hydrogens (tertiary/aromatic N) is 3. The van der Waals surface area contributed by atoms with Crippen LogP contribution in [0.15, 0.2) is 39.9 Å². The lowest BCUT2D eigenvalue weighted by atomic mass is 9.96. The Morgan fingerprint density at radius 2 is 2.09 bits per heavy atom. The van der Waals surface area contributed by atoms with E-state index in [1.54, 1.807) is 18.1 Å². The van der Waals surface area contributed by atoms with Gasteiger partial charge in [0.25, 0.3) is 0 Å². The van der Waals surface area contributed by atoms with Crippen LogP contribution in [0, 0.1) is 17.2 Å². The standard InChI is InChI=1S/C23H31F3N6O2S/c1-15(28)30-22(19(13-27)21(29)35-2)32(9-6-16-7-10-34-11-8-16)14-20(33)31-18-5-3-4-17(12-18)23(24,25)26/h3-5,12,15-16H,6-11,14,28-29H2,1-2H3,(H,31,33)/b21-19+,30-22+. The van der Waals surface area contributed by atoms with E-state index in [9.17, 15) is 23.2 Å². The molecule has 192 valence electrons. The highest BCUT2D eigenvalue weighted by molar-refractivity contribution is 8.02. The van der Waals surface area contributed by atoms with Crippen LogP contribution in [0.25, 0.3) is 0 Å². The number of hydrogen-bond acceptors (Lipinski definition) is 7. The van der Waals surface area contributed by atoms with Gasteiger partial charge in [0.15, 0.2) is 0 Å². The van der Waals surface area contributed by atoms with Crippen molar-refractivity contribution in [1.82, 2.24) is 4.90 Å². The number of aliphatic imine (C=N–C) groups is 1. The van der Waals surface area contributed by atoms with Gasteiger partial charge in [0.1, 0.15) is 17.5 Å². The molecule has 35 heavy (non-hydrogen) atoms. The molecule has 1 atom stereocenters. The Balaban J connectivity index is 2.31. The van der Waals surface area contributed by atoms with Gasteiger partial charge < -0.3 is 26.4 Å². The fourth-order valence-corrected chi connectivity index (χ4v) is 3.94. The average Bonchev–Trinajstić information content (AvgIpc) is 2.81. The van der Waals surface area contributed by atoms with E-state index < -0.39 is 23.8 Å². The van der Waals surface area contributed by atoms with Gasteiger partial charge in [-0.2, -0.15) is 18.4 Å². The summed E-state index contributed by atoms with van der Waals surface area (Å²) in [6.45, 7) is 3.06. The summed E-state index contributed by atoms with van der Waals surface area (Å²) >= 11 is 1.16. The summed E-state index contributed by atoms with van der Waals surface area (Å²) in [5, 5.41) is 12.5. The number of ether oxygens (including phenoxy) is 1. The Labute approximate surface area is 207 Å². The van der Waals surface area contributed by atoms with Crippen LogP contribution in [-0.4, -0.2) is 55.4 Å². The van der Waals surface area contributed by atoms with Gasteiger partial charge in [-0.25, -0.2) is 4.99 Å². The Morgan fingerprint density at radius 3 is 2.66 bits per heavy atom. The van der Waals surface area contributed by atoms with Gasteiger partial charge >= 0.3 is 6.18 Å². The molecule has 1 aliphatic heterocycles. The van der Waals surface area contributed by atoms with E-state index in [0.29, 0.717) is 32.1 Å². The fourth-order valence-electron chi connectivity index (χ4n) is 3.60. The van der Waals surface area contributed by atoms with E-state index in [0.717, 1.165) is 36.7 Å². The maximum absolute atomic E-state index is 13.1. The smallest absolute Gasteiger partial charge is 0.392 e. The highest BCUT2D eigenvalue weighted by Gasteiger charge is 2.30. The molecule has 1 aliphatic rings. The molecule has 0 spiro atoms. The number of hydrogen-bond donors (Lipinski definition) is 3. The number of alkyl halides is 3. The molecule has 1 aromatic rings. The lowest BCUT2D eigenvalue weighted by Gasteiger charge is -2.29. The van der Waals surface area contributed by atoms with Crippen LogP contribution in [0.5, 0.6) is 0 Å². The number of halogens is 3. The minimum Gasteiger partial charge on any atom is -0.392 e. The molecule has 0 aromatic heterocycles. The Hall–Kier alpha value is -2.75. The van der Waals surface area contributed by atoms with E-state index >= 15 is 0 Å². The van der Waals surface area contributed by atoms with Crippen molar-refractivity contribution in [1.29, 1.82) is 5.26 Å². The van der Waals surface area contributed by atoms with Crippen LogP contribution in [0.4, 0.5) is 18.9 Å². The lowest BCUT2D eigenvalue weighted by molar-refractivity contribution is -0.137. The minimum absolute atomic E-state index is 0.0135. The van der Waals surface area contributed by atoms with Crippen molar-refractivity contribution < 1.29 is 22.7 Å². The quantitative estimate of drug-likeness (QED) is 0.262. The number of amidine groups is 1. The first-order valence-electron chi connectivity index (χ1n) is 11.1. The molecule has 5 N–H and O–H groups in total. The second kappa shape index (κ2) is 13.4. The van der Waals surface area contributed by atoms with Crippen LogP contribution in [-0.2, 0) is 15.7 Å². The Kier molecular flexibility index (Phi) is 10.9. The van der Waals surface area contributed by atoms with Crippen LogP contribution in [0.3, 0.4) is 0 Å². The van der Waals surface area contributed by atoms with Gasteiger partial charge in [-0.3, -0.25) is 4.79 Å². The van der Waals surface area contributed by atoms with Crippen molar-refractivity contribution in [2.24, 2.45) is 22.4 Å². The normalized spacial score (nSPS) is 16.8. The van der Waals surface area contributed by atoms with Crippen molar-refractivity contribution in [2.75, 3.05) is 37.9 Å². The second-order valence-electron chi connectivity index (χ2n) is 8.14. The number of nitrogens with two attached hydrogens (primary N) is 2. The van der Waals surface area contributed by atoms with Crippen LogP contribution in [0.1, 0.15) is 31.7 Å². The number of amides is 1. The number of benzene rings is 1. The summed E-state index contributed by atoms with van der Waals surface area (Å²) in [6, 6.07) is 6.45. The molecule has 0 radical (unpaired) electrons. The van der Waals surface area contributed by atoms with Crippen molar-refractivity contribution in [3.63, 3.8) is 0 Å². The third-order valence-corrected chi connectivity index (χ3v) is 6.03. The SMILES string of the molecule is CS/C(N)=C(C#N)/C(=N\C(C)N)N(CCC1CCOCC1)CC(=O)Nc1cccc(C(F)(F)F)c1. The molecule has 1 aromatic carbocycles. The summed E-state index contributed by atoms with van der Waals surface area (Å²) in [5.74, 6) is -0.0176. The molecule has 0 bridgehead atoms. The number of carbonyl (C=O) groups excluding carboxylic acids is 1. The van der Waals surface area contributed by atoms with Crippen LogP contribution in [0.2, 0.25) is 0 Å². The van der Waals surface area contributed by atoms with Crippen LogP contribution < -0.4 is 16.8 Å². The van der Waals surface area contributed by atoms with E-state index in [1.165, 1.54) is 12.1 Å². The van der Waals surface area contributed by atoms with Gasteiger partial charge in [0.2, 0.25) is 5.91 Å². The van der Waals surface area contributed by atoms with E-state index in [4.69, 9.17) is 16.2 Å². The first-order valence-corrected chi connectivity index (χ1v) is 12.3. The summed E-state index contributed by atoms with van der Waals surface area (Å²) in [4.78, 5) is 18.9. The number of nitriles is 1. The number of thioether (sulfide) groups is 1. The zero-order chi connectivity index (χ0) is 26.0. The van der Waals surface area contributed by atoms with E-state index in [1.807, 2.05) is 0 Å². The number of rotatable bonds is 9. The molecular formula is C23H31F3N6O2S. The van der Waals surface area contributed by atoms with Gasteiger partial charge in [-0.05, 0) is 56.6 Å². The molecule has 8 nitrogen and oxygen atoms in total. The highest BCUT2D eigenvalue weighted by Crippen LogP contribution is 2.30. The summed E-state index contributed by atoms with van der Waals surface area (Å²) < 4.78 is 44.6. The summed E-state index contributed by atoms with van der Waals surface area (Å²) in [7, 11) is 0. The van der Waals surface area contributed by atoms with Crippen molar-refractivity contribution >= 4 is 29.2 Å². The van der Waals surface area contributed by atoms with Gasteiger partial charge in [0.05, 0.1) is 23.3 Å². The molecular weight excluding hydrogens is 481 g/mol. The molecule has 1 unspecified atom stereocenters. The number of carbonyl (C=O) groups is 1. The molecule has 1 heterocycles. The highest BCUT2D eigenvalue weighted by atomic mass is 32.2. The monoisotopic (exact) mass is 512 g/mol. The van der Waals surface area contributed by atoms with Crippen molar-refractivity contribution in [3.8, 4) is 6.07 Å². The van der Waals surface area contributed by atoms with Crippen molar-refractivity contribution in [3.05, 3.63) is 40.4 Å². The lowest BCUT2D eigenvalue weighted by Crippen LogP contribution is -2.41. The first kappa shape index (κ1) is 28.5. The van der Waals surface area contributed by atoms with E-state index in [-0.39, 0.29) is 28.7 Å². The molecule has 12 heteroatoms. The zero-order valence-electron chi connectivity index (χ0n) is 19.8. The third kappa shape index (κ3) is 9.08. The Bertz CT molecular complexity index is 969. The third-order valence-electron chi connectivity index (χ3n) is 5.38. The molecule has 0 saturated carbocycles. The first-order chi connectivity index (χ1) is 16.5. The van der Waals surface area contributed by atoms with Gasteiger partial charge in [-0.15, -0.1) is 11.8 Å². The van der Waals surface area contributed by atoms with Crippen molar-refractivity contribution in [2.45, 2.75) is 38.5 Å².